The van der Waals surface area contributed by atoms with Gasteiger partial charge in [-0.15, -0.1) is 5.10 Å². The predicted molar refractivity (Wildman–Crippen MR) is 109 cm³/mol. The average Bonchev–Trinajstić information content (AvgIpc) is 3.34. The van der Waals surface area contributed by atoms with Gasteiger partial charge in [0.1, 0.15) is 18.7 Å². The van der Waals surface area contributed by atoms with Gasteiger partial charge < -0.3 is 4.74 Å². The van der Waals surface area contributed by atoms with E-state index in [-0.39, 0.29) is 0 Å². The van der Waals surface area contributed by atoms with E-state index in [0.29, 0.717) is 34.5 Å². The van der Waals surface area contributed by atoms with Crippen LogP contribution in [-0.4, -0.2) is 29.8 Å². The maximum atomic E-state index is 6.19. The van der Waals surface area contributed by atoms with E-state index in [0.717, 1.165) is 21.0 Å². The molecule has 1 N–H and O–H groups in total. The van der Waals surface area contributed by atoms with Crippen molar-refractivity contribution >= 4 is 44.2 Å². The summed E-state index contributed by atoms with van der Waals surface area (Å²) in [6, 6.07) is 13.4. The molecule has 0 bridgehead atoms. The van der Waals surface area contributed by atoms with Crippen LogP contribution in [0.5, 0.6) is 5.75 Å². The van der Waals surface area contributed by atoms with Gasteiger partial charge >= 0.3 is 0 Å². The SMILES string of the molecule is Clc1cc(Br)ccc1OCc1ccc(-c2nc3c4cn[nH]c4ncn3n2)cc1. The van der Waals surface area contributed by atoms with Crippen LogP contribution >= 0.6 is 27.5 Å². The molecule has 5 aromatic rings. The fourth-order valence-corrected chi connectivity index (χ4v) is 3.59. The number of fused-ring (bicyclic) bond motifs is 3. The van der Waals surface area contributed by atoms with Gasteiger partial charge in [-0.05, 0) is 23.8 Å². The first-order chi connectivity index (χ1) is 13.7. The zero-order chi connectivity index (χ0) is 19.1. The number of aromatic nitrogens is 6. The standard InChI is InChI=1S/C19H12BrClN6O/c20-13-5-6-16(15(21)7-13)28-9-11-1-3-12(4-2-11)17-24-19-14-8-23-25-18(14)22-10-27(19)26-17/h1-8,10H,9H2,(H,23,25). The molecule has 5 rings (SSSR count). The van der Waals surface area contributed by atoms with Crippen molar-refractivity contribution in [1.82, 2.24) is 29.8 Å². The average molecular weight is 456 g/mol. The van der Waals surface area contributed by atoms with Crippen LogP contribution in [0, 0.1) is 0 Å². The highest BCUT2D eigenvalue weighted by Crippen LogP contribution is 2.28. The molecule has 0 amide bonds. The predicted octanol–water partition coefficient (Wildman–Crippen LogP) is 4.66. The van der Waals surface area contributed by atoms with Crippen molar-refractivity contribution in [3.05, 3.63) is 70.0 Å². The monoisotopic (exact) mass is 454 g/mol. The fraction of sp³-hybridized carbons (Fsp3) is 0.0526. The Kier molecular flexibility index (Phi) is 4.22. The summed E-state index contributed by atoms with van der Waals surface area (Å²) in [6.45, 7) is 0.416. The number of halogens is 2. The molecule has 3 aromatic heterocycles. The second kappa shape index (κ2) is 6.88. The number of benzene rings is 2. The van der Waals surface area contributed by atoms with Crippen LogP contribution < -0.4 is 4.74 Å². The van der Waals surface area contributed by atoms with Crippen molar-refractivity contribution in [2.75, 3.05) is 0 Å². The lowest BCUT2D eigenvalue weighted by atomic mass is 10.1. The first-order valence-corrected chi connectivity index (χ1v) is 9.56. The molecule has 9 heteroatoms. The van der Waals surface area contributed by atoms with Crippen molar-refractivity contribution in [2.45, 2.75) is 6.61 Å². The van der Waals surface area contributed by atoms with Gasteiger partial charge in [-0.25, -0.2) is 14.5 Å². The third kappa shape index (κ3) is 3.10. The van der Waals surface area contributed by atoms with Crippen LogP contribution in [0.4, 0.5) is 0 Å². The third-order valence-corrected chi connectivity index (χ3v) is 5.08. The molecule has 138 valence electrons. The first kappa shape index (κ1) is 17.2. The van der Waals surface area contributed by atoms with Gasteiger partial charge in [0, 0.05) is 10.0 Å². The summed E-state index contributed by atoms with van der Waals surface area (Å²) in [6.07, 6.45) is 3.32. The topological polar surface area (TPSA) is 81.0 Å². The minimum absolute atomic E-state index is 0.416. The number of aromatic amines is 1. The Morgan fingerprint density at radius 1 is 1.14 bits per heavy atom. The van der Waals surface area contributed by atoms with Gasteiger partial charge in [0.2, 0.25) is 0 Å². The number of hydrogen-bond donors (Lipinski definition) is 1. The second-order valence-corrected chi connectivity index (χ2v) is 7.46. The maximum Gasteiger partial charge on any atom is 0.182 e. The largest absolute Gasteiger partial charge is 0.487 e. The Balaban J connectivity index is 1.38. The van der Waals surface area contributed by atoms with Gasteiger partial charge in [0.05, 0.1) is 16.6 Å². The second-order valence-electron chi connectivity index (χ2n) is 6.14. The molecule has 0 spiro atoms. The Morgan fingerprint density at radius 3 is 2.82 bits per heavy atom. The van der Waals surface area contributed by atoms with Gasteiger partial charge in [-0.2, -0.15) is 5.10 Å². The molecular formula is C19H12BrClN6O. The number of nitrogens with one attached hydrogen (secondary N) is 1. The molecule has 0 radical (unpaired) electrons. The van der Waals surface area contributed by atoms with Crippen molar-refractivity contribution in [3.63, 3.8) is 0 Å². The molecule has 0 atom stereocenters. The van der Waals surface area contributed by atoms with Gasteiger partial charge in [0.25, 0.3) is 0 Å². The lowest BCUT2D eigenvalue weighted by Crippen LogP contribution is -1.96. The van der Waals surface area contributed by atoms with E-state index in [1.165, 1.54) is 0 Å². The molecule has 0 aliphatic rings. The van der Waals surface area contributed by atoms with Gasteiger partial charge in [-0.3, -0.25) is 5.10 Å². The van der Waals surface area contributed by atoms with E-state index < -0.39 is 0 Å². The van der Waals surface area contributed by atoms with Crippen molar-refractivity contribution in [3.8, 4) is 17.1 Å². The van der Waals surface area contributed by atoms with Crippen molar-refractivity contribution in [2.24, 2.45) is 0 Å². The summed E-state index contributed by atoms with van der Waals surface area (Å²) in [5, 5.41) is 12.7. The maximum absolute atomic E-state index is 6.19. The highest BCUT2D eigenvalue weighted by Gasteiger charge is 2.11. The molecule has 7 nitrogen and oxygen atoms in total. The van der Waals surface area contributed by atoms with E-state index in [2.05, 4.69) is 41.2 Å². The smallest absolute Gasteiger partial charge is 0.182 e. The quantitative estimate of drug-likeness (QED) is 0.426. The summed E-state index contributed by atoms with van der Waals surface area (Å²) in [5.41, 5.74) is 3.33. The van der Waals surface area contributed by atoms with E-state index in [4.69, 9.17) is 16.3 Å². The highest BCUT2D eigenvalue weighted by atomic mass is 79.9. The first-order valence-electron chi connectivity index (χ1n) is 8.39. The lowest BCUT2D eigenvalue weighted by molar-refractivity contribution is 0.306. The summed E-state index contributed by atoms with van der Waals surface area (Å²) in [5.74, 6) is 1.27. The summed E-state index contributed by atoms with van der Waals surface area (Å²) in [7, 11) is 0. The number of nitrogens with zero attached hydrogens (tertiary/aromatic N) is 5. The van der Waals surface area contributed by atoms with E-state index in [9.17, 15) is 0 Å². The molecule has 3 heterocycles. The highest BCUT2D eigenvalue weighted by molar-refractivity contribution is 9.10. The number of ether oxygens (including phenoxy) is 1. The van der Waals surface area contributed by atoms with Crippen LogP contribution in [0.15, 0.2) is 59.5 Å². The van der Waals surface area contributed by atoms with E-state index >= 15 is 0 Å². The zero-order valence-corrected chi connectivity index (χ0v) is 16.6. The van der Waals surface area contributed by atoms with Crippen LogP contribution in [-0.2, 0) is 6.61 Å². The van der Waals surface area contributed by atoms with Gasteiger partial charge in [0.15, 0.2) is 17.1 Å². The van der Waals surface area contributed by atoms with Crippen LogP contribution in [0.3, 0.4) is 0 Å². The summed E-state index contributed by atoms with van der Waals surface area (Å²) in [4.78, 5) is 8.89. The summed E-state index contributed by atoms with van der Waals surface area (Å²) >= 11 is 9.57. The number of hydrogen-bond acceptors (Lipinski definition) is 5. The lowest BCUT2D eigenvalue weighted by Gasteiger charge is -2.08. The molecule has 0 saturated carbocycles. The Morgan fingerprint density at radius 2 is 2.00 bits per heavy atom. The number of H-pyrrole nitrogens is 1. The third-order valence-electron chi connectivity index (χ3n) is 4.29. The van der Waals surface area contributed by atoms with Crippen LogP contribution in [0.25, 0.3) is 28.1 Å². The Hall–Kier alpha value is -2.97. The van der Waals surface area contributed by atoms with E-state index in [1.807, 2.05) is 36.4 Å². The Labute approximate surface area is 172 Å². The Bertz CT molecular complexity index is 1300. The fourth-order valence-electron chi connectivity index (χ4n) is 2.87. The molecule has 0 aliphatic carbocycles. The van der Waals surface area contributed by atoms with Crippen molar-refractivity contribution in [1.29, 1.82) is 0 Å². The molecule has 2 aromatic carbocycles. The minimum Gasteiger partial charge on any atom is -0.487 e. The number of rotatable bonds is 4. The van der Waals surface area contributed by atoms with E-state index in [1.54, 1.807) is 23.1 Å². The molecule has 0 saturated heterocycles. The zero-order valence-electron chi connectivity index (χ0n) is 14.3. The van der Waals surface area contributed by atoms with Crippen molar-refractivity contribution < 1.29 is 4.74 Å². The molecule has 0 aliphatic heterocycles. The minimum atomic E-state index is 0.416. The molecule has 28 heavy (non-hydrogen) atoms. The normalized spacial score (nSPS) is 11.4. The van der Waals surface area contributed by atoms with Crippen LogP contribution in [0.1, 0.15) is 5.56 Å². The molecule has 0 unspecified atom stereocenters. The molecular weight excluding hydrogens is 444 g/mol. The van der Waals surface area contributed by atoms with Gasteiger partial charge in [-0.1, -0.05) is 51.8 Å². The molecule has 0 fully saturated rings. The summed E-state index contributed by atoms with van der Waals surface area (Å²) < 4.78 is 8.37. The van der Waals surface area contributed by atoms with Crippen LogP contribution in [0.2, 0.25) is 5.02 Å².